The van der Waals surface area contributed by atoms with Gasteiger partial charge in [0.05, 0.1) is 11.8 Å². The van der Waals surface area contributed by atoms with Crippen molar-refractivity contribution >= 4 is 11.3 Å². The summed E-state index contributed by atoms with van der Waals surface area (Å²) in [5.74, 6) is -0.141. The lowest BCUT2D eigenvalue weighted by Gasteiger charge is -2.23. The largest absolute Gasteiger partial charge is 0.382 e. The monoisotopic (exact) mass is 304 g/mol. The van der Waals surface area contributed by atoms with Crippen LogP contribution < -0.4 is 5.73 Å². The Hall–Kier alpha value is -1.70. The number of aromatic nitrogens is 3. The lowest BCUT2D eigenvalue weighted by molar-refractivity contribution is -0.188. The maximum Gasteiger partial charge on any atom is 0.164 e. The van der Waals surface area contributed by atoms with Crippen LogP contribution in [0, 0.1) is 0 Å². The molecular weight excluding hydrogens is 284 g/mol. The van der Waals surface area contributed by atoms with Crippen molar-refractivity contribution in [3.05, 3.63) is 24.2 Å². The van der Waals surface area contributed by atoms with Crippen LogP contribution in [0.15, 0.2) is 18.5 Å². The molecule has 0 unspecified atom stereocenters. The van der Waals surface area contributed by atoms with Crippen molar-refractivity contribution < 1.29 is 14.2 Å². The lowest BCUT2D eigenvalue weighted by atomic mass is 10.0. The predicted octanol–water partition coefficient (Wildman–Crippen LogP) is 1.68. The van der Waals surface area contributed by atoms with Gasteiger partial charge in [-0.15, -0.1) is 0 Å². The smallest absolute Gasteiger partial charge is 0.164 e. The molecule has 4 atom stereocenters. The summed E-state index contributed by atoms with van der Waals surface area (Å²) in [6.45, 7) is 5.96. The number of hydrogen-bond acceptors (Lipinski definition) is 6. The zero-order chi connectivity index (χ0) is 15.5. The van der Waals surface area contributed by atoms with E-state index in [2.05, 4.69) is 17.0 Å². The fraction of sp³-hybridized carbons (Fsp3) is 0.600. The van der Waals surface area contributed by atoms with E-state index in [1.807, 2.05) is 26.0 Å². The van der Waals surface area contributed by atoms with Gasteiger partial charge in [0.15, 0.2) is 11.6 Å². The Morgan fingerprint density at radius 3 is 2.82 bits per heavy atom. The third kappa shape index (κ3) is 1.93. The Bertz CT molecular complexity index is 714. The number of anilines is 1. The highest BCUT2D eigenvalue weighted by molar-refractivity contribution is 5.65. The van der Waals surface area contributed by atoms with Gasteiger partial charge in [-0.25, -0.2) is 9.50 Å². The normalized spacial score (nSPS) is 33.4. The average molecular weight is 304 g/mol. The maximum absolute atomic E-state index is 6.19. The van der Waals surface area contributed by atoms with Gasteiger partial charge in [-0.2, -0.15) is 5.10 Å². The van der Waals surface area contributed by atoms with E-state index in [0.717, 1.165) is 17.6 Å². The standard InChI is InChI=1S/C15H20N4O3/c1-4-10-12-13(22-15(2,3)21-12)11(20-10)8-5-6-9-14(16)17-7-18-19(8)9/h5-7,10-13H,4H2,1-3H3,(H2,16,17,18)/t10-,11+,12-,13+/m1/s1. The molecule has 0 saturated carbocycles. The van der Waals surface area contributed by atoms with Gasteiger partial charge in [-0.3, -0.25) is 0 Å². The Morgan fingerprint density at radius 2 is 2.05 bits per heavy atom. The van der Waals surface area contributed by atoms with Gasteiger partial charge in [0.1, 0.15) is 30.2 Å². The summed E-state index contributed by atoms with van der Waals surface area (Å²) >= 11 is 0. The minimum atomic E-state index is -0.591. The van der Waals surface area contributed by atoms with E-state index >= 15 is 0 Å². The highest BCUT2D eigenvalue weighted by Gasteiger charge is 2.55. The number of nitrogens with two attached hydrogens (primary N) is 1. The van der Waals surface area contributed by atoms with E-state index in [0.29, 0.717) is 5.82 Å². The van der Waals surface area contributed by atoms with E-state index < -0.39 is 5.79 Å². The first kappa shape index (κ1) is 13.9. The molecule has 4 rings (SSSR count). The van der Waals surface area contributed by atoms with Crippen molar-refractivity contribution in [2.75, 3.05) is 5.73 Å². The number of rotatable bonds is 2. The van der Waals surface area contributed by atoms with Crippen molar-refractivity contribution in [1.82, 2.24) is 14.6 Å². The molecule has 0 amide bonds. The summed E-state index contributed by atoms with van der Waals surface area (Å²) in [6, 6.07) is 3.87. The molecule has 0 radical (unpaired) electrons. The van der Waals surface area contributed by atoms with E-state index in [9.17, 15) is 0 Å². The van der Waals surface area contributed by atoms with Gasteiger partial charge >= 0.3 is 0 Å². The molecule has 2 N–H and O–H groups in total. The zero-order valence-electron chi connectivity index (χ0n) is 12.9. The molecule has 0 spiro atoms. The minimum absolute atomic E-state index is 0.0153. The summed E-state index contributed by atoms with van der Waals surface area (Å²) < 4.78 is 20.1. The summed E-state index contributed by atoms with van der Waals surface area (Å²) in [6.07, 6.45) is 1.90. The number of hydrogen-bond donors (Lipinski definition) is 1. The van der Waals surface area contributed by atoms with Crippen molar-refractivity contribution in [3.8, 4) is 0 Å². The van der Waals surface area contributed by atoms with E-state index in [1.165, 1.54) is 6.33 Å². The van der Waals surface area contributed by atoms with Crippen LogP contribution in [0.5, 0.6) is 0 Å². The first-order valence-electron chi connectivity index (χ1n) is 7.59. The second-order valence-corrected chi connectivity index (χ2v) is 6.27. The van der Waals surface area contributed by atoms with Crippen LogP contribution in [0.4, 0.5) is 5.82 Å². The van der Waals surface area contributed by atoms with Crippen LogP contribution in [-0.4, -0.2) is 38.7 Å². The first-order valence-corrected chi connectivity index (χ1v) is 7.59. The van der Waals surface area contributed by atoms with E-state index in [-0.39, 0.29) is 24.4 Å². The number of fused-ring (bicyclic) bond motifs is 2. The quantitative estimate of drug-likeness (QED) is 0.909. The second kappa shape index (κ2) is 4.65. The topological polar surface area (TPSA) is 83.9 Å². The molecule has 118 valence electrons. The predicted molar refractivity (Wildman–Crippen MR) is 79.1 cm³/mol. The highest BCUT2D eigenvalue weighted by atomic mass is 16.8. The molecule has 2 aliphatic rings. The van der Waals surface area contributed by atoms with Crippen LogP contribution in [0.3, 0.4) is 0 Å². The van der Waals surface area contributed by atoms with Gasteiger partial charge in [-0.05, 0) is 32.4 Å². The van der Waals surface area contributed by atoms with Gasteiger partial charge in [0, 0.05) is 0 Å². The first-order chi connectivity index (χ1) is 10.5. The third-order valence-electron chi connectivity index (χ3n) is 4.35. The Balaban J connectivity index is 1.77. The molecule has 2 aromatic rings. The highest BCUT2D eigenvalue weighted by Crippen LogP contribution is 2.46. The summed E-state index contributed by atoms with van der Waals surface area (Å²) in [5.41, 5.74) is 7.59. The van der Waals surface area contributed by atoms with Crippen LogP contribution in [-0.2, 0) is 14.2 Å². The number of nitrogens with zero attached hydrogens (tertiary/aromatic N) is 3. The molecule has 2 aromatic heterocycles. The second-order valence-electron chi connectivity index (χ2n) is 6.27. The molecule has 2 saturated heterocycles. The summed E-state index contributed by atoms with van der Waals surface area (Å²) in [4.78, 5) is 4.02. The van der Waals surface area contributed by atoms with Crippen molar-refractivity contribution in [2.24, 2.45) is 0 Å². The molecule has 4 heterocycles. The molecule has 7 heteroatoms. The number of nitrogen functional groups attached to an aromatic ring is 1. The Kier molecular flexibility index (Phi) is 2.94. The molecule has 0 aromatic carbocycles. The SMILES string of the molecule is CC[C@H]1O[C@@H](c2ccc3c(N)ncnn23)[C@@H]2OC(C)(C)O[C@@H]21. The maximum atomic E-state index is 6.19. The molecule has 0 bridgehead atoms. The minimum Gasteiger partial charge on any atom is -0.382 e. The van der Waals surface area contributed by atoms with Crippen molar-refractivity contribution in [3.63, 3.8) is 0 Å². The molecule has 0 aliphatic carbocycles. The van der Waals surface area contributed by atoms with E-state index in [1.54, 1.807) is 4.52 Å². The van der Waals surface area contributed by atoms with Crippen LogP contribution in [0.2, 0.25) is 0 Å². The number of ether oxygens (including phenoxy) is 3. The molecule has 2 fully saturated rings. The molecular formula is C15H20N4O3. The molecule has 2 aliphatic heterocycles. The molecule has 22 heavy (non-hydrogen) atoms. The Morgan fingerprint density at radius 1 is 1.27 bits per heavy atom. The summed E-state index contributed by atoms with van der Waals surface area (Å²) in [5, 5.41) is 4.30. The van der Waals surface area contributed by atoms with Gasteiger partial charge in [-0.1, -0.05) is 6.92 Å². The fourth-order valence-electron chi connectivity index (χ4n) is 3.44. The van der Waals surface area contributed by atoms with Crippen LogP contribution >= 0.6 is 0 Å². The van der Waals surface area contributed by atoms with Crippen molar-refractivity contribution in [1.29, 1.82) is 0 Å². The Labute approximate surface area is 128 Å². The van der Waals surface area contributed by atoms with Gasteiger partial charge < -0.3 is 19.9 Å². The van der Waals surface area contributed by atoms with Crippen LogP contribution in [0.1, 0.15) is 39.0 Å². The van der Waals surface area contributed by atoms with Crippen LogP contribution in [0.25, 0.3) is 5.52 Å². The van der Waals surface area contributed by atoms with Crippen molar-refractivity contribution in [2.45, 2.75) is 57.4 Å². The zero-order valence-corrected chi connectivity index (χ0v) is 12.9. The molecule has 7 nitrogen and oxygen atoms in total. The third-order valence-corrected chi connectivity index (χ3v) is 4.35. The van der Waals surface area contributed by atoms with Gasteiger partial charge in [0.25, 0.3) is 0 Å². The fourth-order valence-corrected chi connectivity index (χ4v) is 3.44. The van der Waals surface area contributed by atoms with E-state index in [4.69, 9.17) is 19.9 Å². The average Bonchev–Trinajstić information content (AvgIpc) is 3.10. The van der Waals surface area contributed by atoms with Gasteiger partial charge in [0.2, 0.25) is 0 Å². The lowest BCUT2D eigenvalue weighted by Crippen LogP contribution is -2.28. The summed E-state index contributed by atoms with van der Waals surface area (Å²) in [7, 11) is 0.